The fourth-order valence-electron chi connectivity index (χ4n) is 1.82. The van der Waals surface area contributed by atoms with Crippen molar-refractivity contribution in [3.05, 3.63) is 5.01 Å². The zero-order valence-corrected chi connectivity index (χ0v) is 10.2. The summed E-state index contributed by atoms with van der Waals surface area (Å²) in [4.78, 5) is 2.39. The normalized spacial score (nSPS) is 22.2. The number of aromatic nitrogens is 2. The van der Waals surface area contributed by atoms with E-state index in [-0.39, 0.29) is 0 Å². The lowest BCUT2D eigenvalue weighted by Gasteiger charge is -2.34. The number of hydrogen-bond acceptors (Lipinski definition) is 7. The van der Waals surface area contributed by atoms with Gasteiger partial charge >= 0.3 is 0 Å². The quantitative estimate of drug-likeness (QED) is 0.590. The topological polar surface area (TPSA) is 76.3 Å². The first-order valence-electron chi connectivity index (χ1n) is 5.44. The lowest BCUT2D eigenvalue weighted by molar-refractivity contribution is -0.0128. The van der Waals surface area contributed by atoms with E-state index in [4.69, 9.17) is 10.6 Å². The third-order valence-corrected chi connectivity index (χ3v) is 3.59. The first kappa shape index (κ1) is 11.7. The maximum atomic E-state index is 5.46. The van der Waals surface area contributed by atoms with Gasteiger partial charge in [0.15, 0.2) is 0 Å². The Balaban J connectivity index is 1.96. The minimum atomic E-state index is 0.493. The van der Waals surface area contributed by atoms with Crippen molar-refractivity contribution in [2.24, 2.45) is 5.84 Å². The SMILES string of the molecule is CCC1COCCN1Cc1nnc(NN)s1. The number of ether oxygens (including phenoxy) is 1. The van der Waals surface area contributed by atoms with Crippen LogP contribution in [0.15, 0.2) is 0 Å². The van der Waals surface area contributed by atoms with Crippen molar-refractivity contribution in [3.63, 3.8) is 0 Å². The summed E-state index contributed by atoms with van der Waals surface area (Å²) in [5.74, 6) is 5.27. The molecule has 7 heteroatoms. The molecule has 1 unspecified atom stereocenters. The molecule has 0 aromatic carbocycles. The average Bonchev–Trinajstić information content (AvgIpc) is 2.77. The standard InChI is InChI=1S/C9H17N5OS/c1-2-7-6-15-4-3-14(7)5-8-12-13-9(11-10)16-8/h7H,2-6,10H2,1H3,(H,11,13). The fraction of sp³-hybridized carbons (Fsp3) is 0.778. The molecule has 1 fully saturated rings. The molecule has 2 rings (SSSR count). The highest BCUT2D eigenvalue weighted by atomic mass is 32.1. The van der Waals surface area contributed by atoms with Crippen LogP contribution in [0.3, 0.4) is 0 Å². The van der Waals surface area contributed by atoms with Gasteiger partial charge in [0.2, 0.25) is 5.13 Å². The Bertz CT molecular complexity index is 331. The number of hydrazine groups is 1. The molecule has 1 aromatic heterocycles. The molecule has 0 amide bonds. The summed E-state index contributed by atoms with van der Waals surface area (Å²) < 4.78 is 5.46. The molecule has 3 N–H and O–H groups in total. The molecule has 1 saturated heterocycles. The van der Waals surface area contributed by atoms with Crippen LogP contribution < -0.4 is 11.3 Å². The average molecular weight is 243 g/mol. The number of nitrogens with zero attached hydrogens (tertiary/aromatic N) is 3. The molecule has 1 aliphatic rings. The Labute approximate surface area is 98.8 Å². The molecule has 16 heavy (non-hydrogen) atoms. The van der Waals surface area contributed by atoms with Gasteiger partial charge in [-0.2, -0.15) is 0 Å². The molecule has 0 aliphatic carbocycles. The number of anilines is 1. The van der Waals surface area contributed by atoms with Gasteiger partial charge in [-0.15, -0.1) is 10.2 Å². The van der Waals surface area contributed by atoms with E-state index in [1.807, 2.05) is 0 Å². The van der Waals surface area contributed by atoms with Gasteiger partial charge in [-0.05, 0) is 6.42 Å². The summed E-state index contributed by atoms with van der Waals surface area (Å²) in [6, 6.07) is 0.493. The number of morpholine rings is 1. The van der Waals surface area contributed by atoms with Gasteiger partial charge in [0, 0.05) is 12.6 Å². The van der Waals surface area contributed by atoms with Crippen LogP contribution in [0.4, 0.5) is 5.13 Å². The predicted octanol–water partition coefficient (Wildman–Crippen LogP) is 0.435. The molecule has 0 saturated carbocycles. The van der Waals surface area contributed by atoms with Crippen LogP contribution in [-0.2, 0) is 11.3 Å². The lowest BCUT2D eigenvalue weighted by Crippen LogP contribution is -2.44. The maximum Gasteiger partial charge on any atom is 0.219 e. The van der Waals surface area contributed by atoms with Crippen LogP contribution in [0, 0.1) is 0 Å². The van der Waals surface area contributed by atoms with E-state index < -0.39 is 0 Å². The minimum absolute atomic E-state index is 0.493. The van der Waals surface area contributed by atoms with E-state index in [1.165, 1.54) is 11.3 Å². The Morgan fingerprint density at radius 3 is 3.19 bits per heavy atom. The van der Waals surface area contributed by atoms with Crippen molar-refractivity contribution < 1.29 is 4.74 Å². The summed E-state index contributed by atoms with van der Waals surface area (Å²) >= 11 is 1.50. The maximum absolute atomic E-state index is 5.46. The smallest absolute Gasteiger partial charge is 0.219 e. The van der Waals surface area contributed by atoms with Gasteiger partial charge < -0.3 is 4.74 Å². The first-order chi connectivity index (χ1) is 7.83. The molecule has 0 radical (unpaired) electrons. The largest absolute Gasteiger partial charge is 0.378 e. The van der Waals surface area contributed by atoms with Gasteiger partial charge in [0.1, 0.15) is 5.01 Å². The van der Waals surface area contributed by atoms with Crippen molar-refractivity contribution in [2.45, 2.75) is 25.9 Å². The minimum Gasteiger partial charge on any atom is -0.378 e. The second-order valence-electron chi connectivity index (χ2n) is 3.75. The van der Waals surface area contributed by atoms with E-state index in [0.717, 1.165) is 37.7 Å². The van der Waals surface area contributed by atoms with Gasteiger partial charge in [0.05, 0.1) is 19.8 Å². The number of nitrogen functional groups attached to an aromatic ring is 1. The Morgan fingerprint density at radius 1 is 1.62 bits per heavy atom. The van der Waals surface area contributed by atoms with E-state index in [1.54, 1.807) is 0 Å². The first-order valence-corrected chi connectivity index (χ1v) is 6.26. The second-order valence-corrected chi connectivity index (χ2v) is 4.81. The molecule has 1 aliphatic heterocycles. The van der Waals surface area contributed by atoms with E-state index in [9.17, 15) is 0 Å². The summed E-state index contributed by atoms with van der Waals surface area (Å²) in [5.41, 5.74) is 2.51. The summed E-state index contributed by atoms with van der Waals surface area (Å²) in [7, 11) is 0. The van der Waals surface area contributed by atoms with Crippen LogP contribution in [0.2, 0.25) is 0 Å². The number of hydrogen-bond donors (Lipinski definition) is 2. The molecule has 1 atom stereocenters. The van der Waals surface area contributed by atoms with Crippen LogP contribution in [0.1, 0.15) is 18.4 Å². The van der Waals surface area contributed by atoms with Crippen LogP contribution in [0.5, 0.6) is 0 Å². The molecule has 6 nitrogen and oxygen atoms in total. The number of nitrogens with one attached hydrogen (secondary N) is 1. The highest BCUT2D eigenvalue weighted by Gasteiger charge is 2.22. The Morgan fingerprint density at radius 2 is 2.50 bits per heavy atom. The Kier molecular flexibility index (Phi) is 4.05. The van der Waals surface area contributed by atoms with Crippen molar-refractivity contribution in [3.8, 4) is 0 Å². The predicted molar refractivity (Wildman–Crippen MR) is 63.0 cm³/mol. The van der Waals surface area contributed by atoms with Gasteiger partial charge in [-0.1, -0.05) is 18.3 Å². The van der Waals surface area contributed by atoms with Gasteiger partial charge in [-0.25, -0.2) is 5.84 Å². The van der Waals surface area contributed by atoms with Gasteiger partial charge in [0.25, 0.3) is 0 Å². The van der Waals surface area contributed by atoms with Crippen LogP contribution in [-0.4, -0.2) is 40.9 Å². The van der Waals surface area contributed by atoms with Crippen molar-refractivity contribution >= 4 is 16.5 Å². The molecular formula is C9H17N5OS. The molecule has 2 heterocycles. The van der Waals surface area contributed by atoms with Crippen molar-refractivity contribution in [2.75, 3.05) is 25.2 Å². The molecule has 0 spiro atoms. The third-order valence-electron chi connectivity index (χ3n) is 2.75. The Hall–Kier alpha value is -0.760. The van der Waals surface area contributed by atoms with Crippen LogP contribution >= 0.6 is 11.3 Å². The zero-order valence-electron chi connectivity index (χ0n) is 9.35. The fourth-order valence-corrected chi connectivity index (χ4v) is 2.50. The number of rotatable bonds is 4. The summed E-state index contributed by atoms with van der Waals surface area (Å²) in [5, 5.41) is 9.68. The van der Waals surface area contributed by atoms with E-state index in [0.29, 0.717) is 11.2 Å². The lowest BCUT2D eigenvalue weighted by atomic mass is 10.2. The summed E-state index contributed by atoms with van der Waals surface area (Å²) in [6.07, 6.45) is 1.10. The van der Waals surface area contributed by atoms with E-state index >= 15 is 0 Å². The highest BCUT2D eigenvalue weighted by Crippen LogP contribution is 2.19. The van der Waals surface area contributed by atoms with Gasteiger partial charge in [-0.3, -0.25) is 10.3 Å². The van der Waals surface area contributed by atoms with Crippen molar-refractivity contribution in [1.82, 2.24) is 15.1 Å². The highest BCUT2D eigenvalue weighted by molar-refractivity contribution is 7.15. The zero-order chi connectivity index (χ0) is 11.4. The molecule has 90 valence electrons. The summed E-state index contributed by atoms with van der Waals surface area (Å²) in [6.45, 7) is 5.60. The van der Waals surface area contributed by atoms with E-state index in [2.05, 4.69) is 27.4 Å². The third kappa shape index (κ3) is 2.67. The van der Waals surface area contributed by atoms with Crippen molar-refractivity contribution in [1.29, 1.82) is 0 Å². The molecule has 0 bridgehead atoms. The number of nitrogens with two attached hydrogens (primary N) is 1. The molecular weight excluding hydrogens is 226 g/mol. The monoisotopic (exact) mass is 243 g/mol. The van der Waals surface area contributed by atoms with Crippen LogP contribution in [0.25, 0.3) is 0 Å². The second kappa shape index (κ2) is 5.53. The molecule has 1 aromatic rings.